The number of likely N-dealkylation sites (tertiary alicyclic amines) is 1. The van der Waals surface area contributed by atoms with Crippen LogP contribution in [0.15, 0.2) is 18.2 Å². The summed E-state index contributed by atoms with van der Waals surface area (Å²) in [5, 5.41) is 0. The number of nitrogens with zero attached hydrogens (tertiary/aromatic N) is 1. The van der Waals surface area contributed by atoms with E-state index in [0.29, 0.717) is 0 Å². The van der Waals surface area contributed by atoms with E-state index in [4.69, 9.17) is 15.2 Å². The third-order valence-electron chi connectivity index (χ3n) is 3.55. The van der Waals surface area contributed by atoms with Crippen molar-refractivity contribution < 1.29 is 9.47 Å². The van der Waals surface area contributed by atoms with Gasteiger partial charge in [0.25, 0.3) is 0 Å². The lowest BCUT2D eigenvalue weighted by Crippen LogP contribution is -2.63. The van der Waals surface area contributed by atoms with Crippen LogP contribution in [-0.4, -0.2) is 38.0 Å². The monoisotopic (exact) mass is 236 g/mol. The molecule has 0 aromatic heterocycles. The molecular formula is C13H20N2O2. The van der Waals surface area contributed by atoms with E-state index >= 15 is 0 Å². The Morgan fingerprint density at radius 2 is 1.94 bits per heavy atom. The van der Waals surface area contributed by atoms with E-state index < -0.39 is 5.79 Å². The molecule has 1 aromatic carbocycles. The lowest BCUT2D eigenvalue weighted by molar-refractivity contribution is -0.277. The van der Waals surface area contributed by atoms with E-state index in [1.165, 1.54) is 11.1 Å². The van der Waals surface area contributed by atoms with Crippen LogP contribution >= 0.6 is 0 Å². The molecule has 1 aromatic rings. The highest BCUT2D eigenvalue weighted by molar-refractivity contribution is 5.49. The maximum atomic E-state index is 5.89. The molecule has 0 atom stereocenters. The number of nitrogens with two attached hydrogens (primary N) is 1. The highest BCUT2D eigenvalue weighted by atomic mass is 16.7. The van der Waals surface area contributed by atoms with E-state index in [0.717, 1.165) is 25.3 Å². The van der Waals surface area contributed by atoms with Gasteiger partial charge < -0.3 is 15.2 Å². The summed E-state index contributed by atoms with van der Waals surface area (Å²) in [6, 6.07) is 6.05. The molecule has 2 N–H and O–H groups in total. The molecule has 0 unspecified atom stereocenters. The summed E-state index contributed by atoms with van der Waals surface area (Å²) < 4.78 is 10.7. The van der Waals surface area contributed by atoms with Gasteiger partial charge in [0.15, 0.2) is 5.79 Å². The van der Waals surface area contributed by atoms with Gasteiger partial charge in [-0.2, -0.15) is 0 Å². The first-order valence-electron chi connectivity index (χ1n) is 5.77. The molecule has 1 heterocycles. The quantitative estimate of drug-likeness (QED) is 0.634. The van der Waals surface area contributed by atoms with Gasteiger partial charge in [-0.25, -0.2) is 0 Å². The fraction of sp³-hybridized carbons (Fsp3) is 0.538. The number of hydrogen-bond acceptors (Lipinski definition) is 4. The molecule has 4 heteroatoms. The Hall–Kier alpha value is -1.10. The molecule has 1 saturated heterocycles. The first-order chi connectivity index (χ1) is 8.10. The fourth-order valence-corrected chi connectivity index (χ4v) is 2.20. The number of ether oxygens (including phenoxy) is 2. The first kappa shape index (κ1) is 12.4. The zero-order chi connectivity index (χ0) is 12.5. The number of hydrogen-bond donors (Lipinski definition) is 1. The van der Waals surface area contributed by atoms with Crippen LogP contribution in [0, 0.1) is 6.92 Å². The van der Waals surface area contributed by atoms with Crippen LogP contribution in [0.5, 0.6) is 0 Å². The van der Waals surface area contributed by atoms with Crippen molar-refractivity contribution >= 4 is 5.69 Å². The van der Waals surface area contributed by atoms with Crippen molar-refractivity contribution in [1.82, 2.24) is 4.90 Å². The smallest absolute Gasteiger partial charge is 0.193 e. The average Bonchev–Trinajstić information content (AvgIpc) is 2.29. The lowest BCUT2D eigenvalue weighted by Gasteiger charge is -2.47. The van der Waals surface area contributed by atoms with Crippen LogP contribution < -0.4 is 5.73 Å². The zero-order valence-electron chi connectivity index (χ0n) is 10.7. The summed E-state index contributed by atoms with van der Waals surface area (Å²) in [7, 11) is 3.37. The van der Waals surface area contributed by atoms with Crippen molar-refractivity contribution in [3.05, 3.63) is 29.3 Å². The minimum Gasteiger partial charge on any atom is -0.399 e. The molecule has 0 spiro atoms. The third kappa shape index (κ3) is 2.29. The molecule has 0 saturated carbocycles. The number of rotatable bonds is 4. The molecular weight excluding hydrogens is 216 g/mol. The minimum absolute atomic E-state index is 0.409. The van der Waals surface area contributed by atoms with Gasteiger partial charge in [0.1, 0.15) is 0 Å². The summed E-state index contributed by atoms with van der Waals surface area (Å²) in [6.07, 6.45) is 0. The van der Waals surface area contributed by atoms with Gasteiger partial charge in [0, 0.05) is 26.5 Å². The van der Waals surface area contributed by atoms with Crippen LogP contribution in [0.25, 0.3) is 0 Å². The highest BCUT2D eigenvalue weighted by Gasteiger charge is 2.43. The summed E-state index contributed by atoms with van der Waals surface area (Å²) in [4.78, 5) is 2.29. The Kier molecular flexibility index (Phi) is 3.38. The lowest BCUT2D eigenvalue weighted by atomic mass is 10.0. The van der Waals surface area contributed by atoms with E-state index in [1.807, 2.05) is 12.1 Å². The Morgan fingerprint density at radius 3 is 2.53 bits per heavy atom. The van der Waals surface area contributed by atoms with Crippen molar-refractivity contribution in [1.29, 1.82) is 0 Å². The summed E-state index contributed by atoms with van der Waals surface area (Å²) in [6.45, 7) is 4.55. The predicted octanol–water partition coefficient (Wildman–Crippen LogP) is 1.38. The van der Waals surface area contributed by atoms with Crippen molar-refractivity contribution in [2.24, 2.45) is 0 Å². The van der Waals surface area contributed by atoms with Crippen LogP contribution in [0.1, 0.15) is 11.1 Å². The van der Waals surface area contributed by atoms with Gasteiger partial charge in [-0.15, -0.1) is 0 Å². The largest absolute Gasteiger partial charge is 0.399 e. The van der Waals surface area contributed by atoms with E-state index in [1.54, 1.807) is 14.2 Å². The molecule has 94 valence electrons. The van der Waals surface area contributed by atoms with Crippen molar-refractivity contribution in [2.45, 2.75) is 19.3 Å². The minimum atomic E-state index is -0.409. The highest BCUT2D eigenvalue weighted by Crippen LogP contribution is 2.28. The second-order valence-electron chi connectivity index (χ2n) is 4.60. The molecule has 0 amide bonds. The summed E-state index contributed by atoms with van der Waals surface area (Å²) in [5.74, 6) is -0.409. The summed E-state index contributed by atoms with van der Waals surface area (Å²) >= 11 is 0. The van der Waals surface area contributed by atoms with E-state index in [-0.39, 0.29) is 0 Å². The van der Waals surface area contributed by atoms with Gasteiger partial charge in [0.2, 0.25) is 0 Å². The van der Waals surface area contributed by atoms with Crippen molar-refractivity contribution in [3.63, 3.8) is 0 Å². The Labute approximate surface area is 102 Å². The van der Waals surface area contributed by atoms with Gasteiger partial charge in [-0.05, 0) is 24.1 Å². The predicted molar refractivity (Wildman–Crippen MR) is 67.6 cm³/mol. The van der Waals surface area contributed by atoms with Crippen LogP contribution in [0.4, 0.5) is 5.69 Å². The maximum absolute atomic E-state index is 5.89. The topological polar surface area (TPSA) is 47.7 Å². The van der Waals surface area contributed by atoms with Gasteiger partial charge in [-0.1, -0.05) is 12.1 Å². The molecule has 4 nitrogen and oxygen atoms in total. The van der Waals surface area contributed by atoms with Gasteiger partial charge in [-0.3, -0.25) is 4.90 Å². The zero-order valence-corrected chi connectivity index (χ0v) is 10.7. The Morgan fingerprint density at radius 1 is 1.29 bits per heavy atom. The molecule has 17 heavy (non-hydrogen) atoms. The molecule has 1 fully saturated rings. The number of methoxy groups -OCH3 is 2. The summed E-state index contributed by atoms with van der Waals surface area (Å²) in [5.41, 5.74) is 9.18. The normalized spacial score (nSPS) is 19.0. The molecule has 1 aliphatic rings. The maximum Gasteiger partial charge on any atom is 0.193 e. The van der Waals surface area contributed by atoms with Crippen molar-refractivity contribution in [2.75, 3.05) is 33.0 Å². The fourth-order valence-electron chi connectivity index (χ4n) is 2.20. The molecule has 1 aliphatic heterocycles. The molecule has 0 radical (unpaired) electrons. The van der Waals surface area contributed by atoms with Crippen LogP contribution in [0.3, 0.4) is 0 Å². The van der Waals surface area contributed by atoms with Crippen LogP contribution in [-0.2, 0) is 16.0 Å². The number of anilines is 1. The van der Waals surface area contributed by atoms with Gasteiger partial charge >= 0.3 is 0 Å². The van der Waals surface area contributed by atoms with Crippen LogP contribution in [0.2, 0.25) is 0 Å². The Bertz CT molecular complexity index is 394. The standard InChI is InChI=1S/C13H20N2O2/c1-10-11(5-4-6-12(10)14)7-15-8-13(9-15,16-2)17-3/h4-6H,7-9,14H2,1-3H3. The molecule has 0 bridgehead atoms. The van der Waals surface area contributed by atoms with E-state index in [9.17, 15) is 0 Å². The second-order valence-corrected chi connectivity index (χ2v) is 4.60. The number of nitrogen functional groups attached to an aromatic ring is 1. The van der Waals surface area contributed by atoms with E-state index in [2.05, 4.69) is 17.9 Å². The average molecular weight is 236 g/mol. The molecule has 0 aliphatic carbocycles. The Balaban J connectivity index is 1.98. The number of benzene rings is 1. The molecule has 2 rings (SSSR count). The van der Waals surface area contributed by atoms with Gasteiger partial charge in [0.05, 0.1) is 13.1 Å². The first-order valence-corrected chi connectivity index (χ1v) is 5.77. The third-order valence-corrected chi connectivity index (χ3v) is 3.55. The van der Waals surface area contributed by atoms with Crippen molar-refractivity contribution in [3.8, 4) is 0 Å². The SMILES string of the molecule is COC1(OC)CN(Cc2cccc(N)c2C)C1. The second kappa shape index (κ2) is 4.64.